The van der Waals surface area contributed by atoms with Crippen LogP contribution in [0.15, 0.2) is 0 Å². The summed E-state index contributed by atoms with van der Waals surface area (Å²) >= 11 is 10.5. The Labute approximate surface area is 98.0 Å². The third-order valence-corrected chi connectivity index (χ3v) is 5.22. The quantitative estimate of drug-likeness (QED) is 0.455. The normalized spacial score (nSPS) is 13.9. The minimum absolute atomic E-state index is 1.25. The van der Waals surface area contributed by atoms with Gasteiger partial charge in [-0.25, -0.2) is 13.2 Å². The lowest BCUT2D eigenvalue weighted by Gasteiger charge is -2.22. The van der Waals surface area contributed by atoms with Crippen molar-refractivity contribution in [1.82, 2.24) is 0 Å². The van der Waals surface area contributed by atoms with E-state index in [0.717, 1.165) is 0 Å². The predicted octanol–water partition coefficient (Wildman–Crippen LogP) is 2.06. The number of alkyl halides is 2. The number of hydrogen-bond donors (Lipinski definition) is 0. The van der Waals surface area contributed by atoms with E-state index in [4.69, 9.17) is 38.3 Å². The number of halogens is 3. The van der Waals surface area contributed by atoms with Gasteiger partial charge in [0.2, 0.25) is 8.32 Å². The maximum absolute atomic E-state index is 11.2. The molecule has 0 rings (SSSR count). The Kier molecular flexibility index (Phi) is 4.32. The average Bonchev–Trinajstić information content (AvgIpc) is 1.80. The van der Waals surface area contributed by atoms with Gasteiger partial charge in [-0.1, -0.05) is 23.2 Å². The van der Waals surface area contributed by atoms with Gasteiger partial charge in [-0.2, -0.15) is 0 Å². The number of carbonyl (C=O) groups is 1. The maximum atomic E-state index is 11.2. The van der Waals surface area contributed by atoms with Crippen molar-refractivity contribution in [2.75, 3.05) is 0 Å². The van der Waals surface area contributed by atoms with Crippen molar-refractivity contribution >= 4 is 57.2 Å². The molecular weight excluding hydrogens is 291 g/mol. The summed E-state index contributed by atoms with van der Waals surface area (Å²) in [5.41, 5.74) is 0. The minimum Gasteiger partial charge on any atom is -0.517 e. The van der Waals surface area contributed by atoms with Crippen molar-refractivity contribution in [1.29, 1.82) is 0 Å². The summed E-state index contributed by atoms with van der Waals surface area (Å²) in [6.07, 6.45) is 0. The zero-order chi connectivity index (χ0) is 11.8. The smallest absolute Gasteiger partial charge is 0.346 e. The Hall–Kier alpha value is 0.507. The summed E-state index contributed by atoms with van der Waals surface area (Å²) in [7, 11) is -1.80. The molecule has 0 atom stereocenters. The molecule has 0 bridgehead atoms. The first-order valence-electron chi connectivity index (χ1n) is 3.43. The molecule has 0 radical (unpaired) electrons. The predicted molar refractivity (Wildman–Crippen MR) is 58.6 cm³/mol. The van der Waals surface area contributed by atoms with Crippen LogP contribution in [0.5, 0.6) is 0 Å². The summed E-state index contributed by atoms with van der Waals surface area (Å²) in [4.78, 5) is 11.2. The minimum atomic E-state index is -4.42. The van der Waals surface area contributed by atoms with E-state index in [0.29, 0.717) is 0 Å². The summed E-state index contributed by atoms with van der Waals surface area (Å²) in [6, 6.07) is 0. The second kappa shape index (κ2) is 4.17. The number of hydrogen-bond acceptors (Lipinski definition) is 4. The first-order valence-corrected chi connectivity index (χ1v) is 9.91. The van der Waals surface area contributed by atoms with Crippen LogP contribution in [-0.4, -0.2) is 26.4 Å². The van der Waals surface area contributed by atoms with Gasteiger partial charge in [0.15, 0.2) is 0 Å². The molecule has 0 heterocycles. The highest BCUT2D eigenvalue weighted by atomic mass is 35.7. The fourth-order valence-electron chi connectivity index (χ4n) is 0.437. The highest BCUT2D eigenvalue weighted by Crippen LogP contribution is 2.33. The third-order valence-electron chi connectivity index (χ3n) is 0.943. The Morgan fingerprint density at radius 2 is 1.64 bits per heavy atom. The Bertz CT molecular complexity index is 331. The van der Waals surface area contributed by atoms with Gasteiger partial charge < -0.3 is 4.43 Å². The van der Waals surface area contributed by atoms with Crippen LogP contribution in [0.1, 0.15) is 0 Å². The highest BCUT2D eigenvalue weighted by Gasteiger charge is 2.49. The van der Waals surface area contributed by atoms with E-state index in [1.807, 2.05) is 0 Å². The molecule has 0 aromatic carbocycles. The average molecular weight is 300 g/mol. The van der Waals surface area contributed by atoms with Gasteiger partial charge in [-0.3, -0.25) is 0 Å². The lowest BCUT2D eigenvalue weighted by Crippen LogP contribution is -2.41. The van der Waals surface area contributed by atoms with Crippen molar-refractivity contribution in [2.45, 2.75) is 23.3 Å². The zero-order valence-corrected chi connectivity index (χ0v) is 11.8. The van der Waals surface area contributed by atoms with E-state index in [9.17, 15) is 13.2 Å². The second-order valence-electron chi connectivity index (χ2n) is 3.46. The van der Waals surface area contributed by atoms with E-state index >= 15 is 0 Å². The summed E-state index contributed by atoms with van der Waals surface area (Å²) in [6.45, 7) is 5.03. The van der Waals surface area contributed by atoms with E-state index in [1.165, 1.54) is 0 Å². The van der Waals surface area contributed by atoms with Crippen molar-refractivity contribution in [2.24, 2.45) is 0 Å². The molecule has 0 fully saturated rings. The Morgan fingerprint density at radius 1 is 1.29 bits per heavy atom. The van der Waals surface area contributed by atoms with Crippen LogP contribution >= 0.6 is 33.9 Å². The second-order valence-corrected chi connectivity index (χ2v) is 12.4. The molecule has 0 aromatic rings. The molecule has 0 amide bonds. The largest absolute Gasteiger partial charge is 0.517 e. The molecule has 0 aliphatic rings. The fourth-order valence-corrected chi connectivity index (χ4v) is 1.86. The molecule has 4 nitrogen and oxygen atoms in total. The summed E-state index contributed by atoms with van der Waals surface area (Å²) in [5.74, 6) is -1.25. The van der Waals surface area contributed by atoms with Gasteiger partial charge >= 0.3 is 9.63 Å². The van der Waals surface area contributed by atoms with Crippen molar-refractivity contribution in [3.8, 4) is 0 Å². The van der Waals surface area contributed by atoms with Crippen LogP contribution in [0.4, 0.5) is 0 Å². The van der Waals surface area contributed by atoms with E-state index < -0.39 is 27.0 Å². The van der Waals surface area contributed by atoms with Gasteiger partial charge in [0.1, 0.15) is 0 Å². The summed E-state index contributed by atoms with van der Waals surface area (Å²) in [5, 5.41) is 0. The van der Waals surface area contributed by atoms with E-state index in [2.05, 4.69) is 0 Å². The van der Waals surface area contributed by atoms with Crippen molar-refractivity contribution in [3.05, 3.63) is 0 Å². The molecular formula is C5H9Cl3O4SSi. The molecule has 0 saturated heterocycles. The number of carbonyl (C=O) groups excluding carboxylic acids is 1. The molecule has 0 N–H and O–H groups in total. The topological polar surface area (TPSA) is 60.4 Å². The molecule has 0 spiro atoms. The van der Waals surface area contributed by atoms with Crippen LogP contribution < -0.4 is 0 Å². The van der Waals surface area contributed by atoms with Crippen LogP contribution in [0.3, 0.4) is 0 Å². The lowest BCUT2D eigenvalue weighted by atomic mass is 10.8. The highest BCUT2D eigenvalue weighted by molar-refractivity contribution is 8.17. The molecule has 0 aliphatic heterocycles. The molecule has 0 unspecified atom stereocenters. The molecule has 84 valence electrons. The Balaban J connectivity index is 4.89. The molecule has 14 heavy (non-hydrogen) atoms. The molecule has 0 aliphatic carbocycles. The maximum Gasteiger partial charge on any atom is 0.346 e. The van der Waals surface area contributed by atoms with E-state index in [1.54, 1.807) is 19.6 Å². The van der Waals surface area contributed by atoms with Crippen LogP contribution in [0, 0.1) is 0 Å². The van der Waals surface area contributed by atoms with Gasteiger partial charge in [0.25, 0.3) is 9.05 Å². The van der Waals surface area contributed by atoms with Gasteiger partial charge in [0.05, 0.1) is 0 Å². The lowest BCUT2D eigenvalue weighted by molar-refractivity contribution is -0.134. The Morgan fingerprint density at radius 3 is 1.86 bits per heavy atom. The molecule has 0 aromatic heterocycles. The number of rotatable bonds is 3. The van der Waals surface area contributed by atoms with Crippen LogP contribution in [-0.2, 0) is 18.3 Å². The summed E-state index contributed by atoms with van der Waals surface area (Å²) < 4.78 is 23.7. The first-order chi connectivity index (χ1) is 5.88. The van der Waals surface area contributed by atoms with Crippen LogP contribution in [0.2, 0.25) is 19.6 Å². The van der Waals surface area contributed by atoms with Gasteiger partial charge in [-0.15, -0.1) is 0 Å². The standard InChI is InChI=1S/C5H9Cl3O4SSi/c1-14(2,3)12-4(9)5(6,7)13(8,10)11/h1-3H3. The molecule has 0 saturated carbocycles. The van der Waals surface area contributed by atoms with Gasteiger partial charge in [-0.05, 0) is 19.6 Å². The molecule has 9 heteroatoms. The van der Waals surface area contributed by atoms with Crippen molar-refractivity contribution in [3.63, 3.8) is 0 Å². The van der Waals surface area contributed by atoms with Crippen molar-refractivity contribution < 1.29 is 17.6 Å². The monoisotopic (exact) mass is 298 g/mol. The van der Waals surface area contributed by atoms with E-state index in [-0.39, 0.29) is 0 Å². The van der Waals surface area contributed by atoms with Crippen LogP contribution in [0.25, 0.3) is 0 Å². The fraction of sp³-hybridized carbons (Fsp3) is 0.800. The van der Waals surface area contributed by atoms with Gasteiger partial charge in [0, 0.05) is 10.7 Å². The third kappa shape index (κ3) is 3.94. The SMILES string of the molecule is C[Si](C)(C)OC(=O)C(Cl)(Cl)S(=O)(=O)Cl. The first kappa shape index (κ1) is 14.5. The zero-order valence-electron chi connectivity index (χ0n) is 7.68.